The van der Waals surface area contributed by atoms with Crippen LogP contribution in [-0.4, -0.2) is 30.4 Å². The zero-order chi connectivity index (χ0) is 12.4. The van der Waals surface area contributed by atoms with Crippen LogP contribution in [0.4, 0.5) is 0 Å². The fourth-order valence-electron chi connectivity index (χ4n) is 3.74. The maximum Gasteiger partial charge on any atom is 0.225 e. The number of amides is 1. The lowest BCUT2D eigenvalue weighted by Crippen LogP contribution is -2.44. The number of nitrogens with two attached hydrogens (primary N) is 1. The Morgan fingerprint density at radius 2 is 1.94 bits per heavy atom. The van der Waals surface area contributed by atoms with Gasteiger partial charge in [-0.15, -0.1) is 0 Å². The first-order valence-electron chi connectivity index (χ1n) is 7.12. The highest BCUT2D eigenvalue weighted by molar-refractivity contribution is 5.79. The summed E-state index contributed by atoms with van der Waals surface area (Å²) >= 11 is 0. The first-order chi connectivity index (χ1) is 8.15. The molecule has 0 aromatic carbocycles. The van der Waals surface area contributed by atoms with Crippen molar-refractivity contribution in [3.8, 4) is 0 Å². The van der Waals surface area contributed by atoms with Crippen molar-refractivity contribution in [2.24, 2.45) is 23.5 Å². The largest absolute Gasteiger partial charge is 0.342 e. The molecule has 3 heteroatoms. The van der Waals surface area contributed by atoms with Gasteiger partial charge in [0.25, 0.3) is 0 Å². The lowest BCUT2D eigenvalue weighted by atomic mass is 9.94. The first-order valence-corrected chi connectivity index (χ1v) is 7.12. The molecule has 0 saturated heterocycles. The summed E-state index contributed by atoms with van der Waals surface area (Å²) in [6, 6.07) is 0.403. The quantitative estimate of drug-likeness (QED) is 0.817. The molecule has 0 aromatic rings. The van der Waals surface area contributed by atoms with Crippen LogP contribution in [0.3, 0.4) is 0 Å². The molecule has 2 rings (SSSR count). The highest BCUT2D eigenvalue weighted by Crippen LogP contribution is 2.35. The van der Waals surface area contributed by atoms with Crippen molar-refractivity contribution in [1.82, 2.24) is 4.90 Å². The molecule has 4 unspecified atom stereocenters. The highest BCUT2D eigenvalue weighted by Gasteiger charge is 2.37. The van der Waals surface area contributed by atoms with Crippen molar-refractivity contribution >= 4 is 5.91 Å². The van der Waals surface area contributed by atoms with Crippen LogP contribution in [0.25, 0.3) is 0 Å². The zero-order valence-electron chi connectivity index (χ0n) is 11.2. The lowest BCUT2D eigenvalue weighted by molar-refractivity contribution is -0.137. The average molecular weight is 238 g/mol. The Balaban J connectivity index is 1.99. The van der Waals surface area contributed by atoms with Crippen LogP contribution in [0.5, 0.6) is 0 Å². The molecule has 0 heterocycles. The molecule has 2 fully saturated rings. The van der Waals surface area contributed by atoms with Gasteiger partial charge in [-0.25, -0.2) is 0 Å². The van der Waals surface area contributed by atoms with Crippen LogP contribution >= 0.6 is 0 Å². The van der Waals surface area contributed by atoms with Gasteiger partial charge in [0.05, 0.1) is 0 Å². The molecule has 3 nitrogen and oxygen atoms in total. The van der Waals surface area contributed by atoms with Gasteiger partial charge >= 0.3 is 0 Å². The molecule has 0 bridgehead atoms. The topological polar surface area (TPSA) is 46.3 Å². The van der Waals surface area contributed by atoms with E-state index in [1.54, 1.807) is 0 Å². The summed E-state index contributed by atoms with van der Waals surface area (Å²) in [5.74, 6) is 1.75. The van der Waals surface area contributed by atoms with E-state index in [0.29, 0.717) is 23.8 Å². The molecule has 98 valence electrons. The van der Waals surface area contributed by atoms with Crippen molar-refractivity contribution in [3.63, 3.8) is 0 Å². The molecule has 2 aliphatic rings. The molecule has 0 radical (unpaired) electrons. The molecule has 2 N–H and O–H groups in total. The Hall–Kier alpha value is -0.570. The van der Waals surface area contributed by atoms with E-state index in [-0.39, 0.29) is 5.92 Å². The molecular weight excluding hydrogens is 212 g/mol. The predicted molar refractivity (Wildman–Crippen MR) is 69.5 cm³/mol. The van der Waals surface area contributed by atoms with Gasteiger partial charge in [-0.1, -0.05) is 19.8 Å². The number of rotatable bonds is 3. The minimum Gasteiger partial charge on any atom is -0.342 e. The fourth-order valence-corrected chi connectivity index (χ4v) is 3.74. The molecular formula is C14H26N2O. The lowest BCUT2D eigenvalue weighted by Gasteiger charge is -2.32. The summed E-state index contributed by atoms with van der Waals surface area (Å²) < 4.78 is 0. The maximum absolute atomic E-state index is 12.5. The highest BCUT2D eigenvalue weighted by atomic mass is 16.2. The van der Waals surface area contributed by atoms with Gasteiger partial charge in [-0.2, -0.15) is 0 Å². The standard InChI is InChI=1S/C14H26N2O/c1-10-5-3-7-12(10)14(17)16(2)13-8-4-6-11(13)9-15/h10-13H,3-9,15H2,1-2H3. The van der Waals surface area contributed by atoms with E-state index in [0.717, 1.165) is 19.4 Å². The Labute approximate surface area is 105 Å². The SMILES string of the molecule is CC1CCCC1C(=O)N(C)C1CCCC1CN. The van der Waals surface area contributed by atoms with E-state index in [1.165, 1.54) is 25.7 Å². The van der Waals surface area contributed by atoms with E-state index < -0.39 is 0 Å². The number of hydrogen-bond donors (Lipinski definition) is 1. The summed E-state index contributed by atoms with van der Waals surface area (Å²) in [7, 11) is 1.99. The third kappa shape index (κ3) is 2.49. The number of nitrogens with zero attached hydrogens (tertiary/aromatic N) is 1. The van der Waals surface area contributed by atoms with Crippen LogP contribution in [0.1, 0.15) is 45.4 Å². The van der Waals surface area contributed by atoms with Gasteiger partial charge in [0, 0.05) is 19.0 Å². The van der Waals surface area contributed by atoms with Crippen LogP contribution in [-0.2, 0) is 4.79 Å². The van der Waals surface area contributed by atoms with Gasteiger partial charge in [0.2, 0.25) is 5.91 Å². The van der Waals surface area contributed by atoms with Crippen molar-refractivity contribution in [3.05, 3.63) is 0 Å². The second-order valence-electron chi connectivity index (χ2n) is 5.96. The molecule has 1 amide bonds. The van der Waals surface area contributed by atoms with E-state index >= 15 is 0 Å². The van der Waals surface area contributed by atoms with E-state index in [1.807, 2.05) is 11.9 Å². The minimum absolute atomic E-state index is 0.277. The van der Waals surface area contributed by atoms with Gasteiger partial charge in [-0.3, -0.25) is 4.79 Å². The van der Waals surface area contributed by atoms with E-state index in [2.05, 4.69) is 6.92 Å². The minimum atomic E-state index is 0.277. The number of carbonyl (C=O) groups excluding carboxylic acids is 1. The van der Waals surface area contributed by atoms with Crippen molar-refractivity contribution in [2.45, 2.75) is 51.5 Å². The summed E-state index contributed by atoms with van der Waals surface area (Å²) in [5, 5.41) is 0. The zero-order valence-corrected chi connectivity index (χ0v) is 11.2. The summed E-state index contributed by atoms with van der Waals surface area (Å²) in [5.41, 5.74) is 5.80. The average Bonchev–Trinajstić information content (AvgIpc) is 2.95. The Kier molecular flexibility index (Phi) is 4.08. The summed E-state index contributed by atoms with van der Waals surface area (Å²) in [4.78, 5) is 14.5. The molecule has 17 heavy (non-hydrogen) atoms. The third-order valence-electron chi connectivity index (χ3n) is 4.95. The molecule has 0 spiro atoms. The summed E-state index contributed by atoms with van der Waals surface area (Å²) in [6.07, 6.45) is 7.09. The normalized spacial score (nSPS) is 37.4. The smallest absolute Gasteiger partial charge is 0.225 e. The second kappa shape index (κ2) is 5.38. The van der Waals surface area contributed by atoms with Crippen LogP contribution in [0.15, 0.2) is 0 Å². The fraction of sp³-hybridized carbons (Fsp3) is 0.929. The molecule has 0 aromatic heterocycles. The Bertz CT molecular complexity index is 279. The van der Waals surface area contributed by atoms with Crippen LogP contribution in [0, 0.1) is 17.8 Å². The molecule has 2 saturated carbocycles. The van der Waals surface area contributed by atoms with Gasteiger partial charge in [-0.05, 0) is 44.1 Å². The van der Waals surface area contributed by atoms with E-state index in [4.69, 9.17) is 5.73 Å². The van der Waals surface area contributed by atoms with E-state index in [9.17, 15) is 4.79 Å². The number of hydrogen-bond acceptors (Lipinski definition) is 2. The predicted octanol–water partition coefficient (Wildman–Crippen LogP) is 2.01. The second-order valence-corrected chi connectivity index (χ2v) is 5.96. The monoisotopic (exact) mass is 238 g/mol. The van der Waals surface area contributed by atoms with Crippen LogP contribution in [0.2, 0.25) is 0 Å². The summed E-state index contributed by atoms with van der Waals surface area (Å²) in [6.45, 7) is 2.95. The maximum atomic E-state index is 12.5. The molecule has 0 aliphatic heterocycles. The molecule has 2 aliphatic carbocycles. The van der Waals surface area contributed by atoms with Gasteiger partial charge in [0.1, 0.15) is 0 Å². The van der Waals surface area contributed by atoms with Gasteiger partial charge in [0.15, 0.2) is 0 Å². The van der Waals surface area contributed by atoms with Crippen molar-refractivity contribution < 1.29 is 4.79 Å². The first kappa shape index (κ1) is 12.9. The van der Waals surface area contributed by atoms with Crippen molar-refractivity contribution in [2.75, 3.05) is 13.6 Å². The van der Waals surface area contributed by atoms with Gasteiger partial charge < -0.3 is 10.6 Å². The number of carbonyl (C=O) groups is 1. The molecule has 4 atom stereocenters. The Morgan fingerprint density at radius 1 is 1.24 bits per heavy atom. The Morgan fingerprint density at radius 3 is 2.53 bits per heavy atom. The van der Waals surface area contributed by atoms with Crippen LogP contribution < -0.4 is 5.73 Å². The third-order valence-corrected chi connectivity index (χ3v) is 4.95. The van der Waals surface area contributed by atoms with Crippen molar-refractivity contribution in [1.29, 1.82) is 0 Å².